The van der Waals surface area contributed by atoms with Crippen LogP contribution in [0.4, 0.5) is 10.2 Å². The normalized spacial score (nSPS) is 16.6. The lowest BCUT2D eigenvalue weighted by Crippen LogP contribution is -2.41. The Hall–Kier alpha value is -3.73. The predicted octanol–water partition coefficient (Wildman–Crippen LogP) is 5.38. The maximum atomic E-state index is 14.6. The summed E-state index contributed by atoms with van der Waals surface area (Å²) in [5, 5.41) is -0.336. The van der Waals surface area contributed by atoms with Gasteiger partial charge in [0.05, 0.1) is 25.0 Å². The van der Waals surface area contributed by atoms with Gasteiger partial charge in [-0.25, -0.2) is 14.1 Å². The van der Waals surface area contributed by atoms with Gasteiger partial charge in [0.25, 0.3) is 15.9 Å². The van der Waals surface area contributed by atoms with Crippen molar-refractivity contribution in [3.8, 4) is 22.9 Å². The largest absolute Gasteiger partial charge is 0.493 e. The SMILES string of the molecule is COc1cc(C)cc(S(=O)(=O)NC(=O)c2ccc(-c3cc(F)cc(OCC(C)C)c3)nc2N2C[C@@H](C)CC2(C)C)n1. The minimum absolute atomic E-state index is 0.0757. The molecule has 1 fully saturated rings. The second-order valence-corrected chi connectivity index (χ2v) is 13.3. The number of carbonyl (C=O) groups is 1. The zero-order chi connectivity index (χ0) is 30.1. The van der Waals surface area contributed by atoms with E-state index in [-0.39, 0.29) is 27.9 Å². The molecular weight excluding hydrogens is 547 g/mol. The summed E-state index contributed by atoms with van der Waals surface area (Å²) in [6.07, 6.45) is 0.846. The van der Waals surface area contributed by atoms with Crippen LogP contribution in [-0.2, 0) is 10.0 Å². The Kier molecular flexibility index (Phi) is 8.58. The van der Waals surface area contributed by atoms with Gasteiger partial charge in [0, 0.05) is 29.8 Å². The van der Waals surface area contributed by atoms with Crippen molar-refractivity contribution in [1.82, 2.24) is 14.7 Å². The molecule has 1 atom stereocenters. The van der Waals surface area contributed by atoms with Crippen LogP contribution in [0.2, 0.25) is 0 Å². The molecule has 1 amide bonds. The lowest BCUT2D eigenvalue weighted by molar-refractivity contribution is 0.0981. The molecular formula is C30H37FN4O5S. The number of amides is 1. The van der Waals surface area contributed by atoms with Crippen LogP contribution in [0.3, 0.4) is 0 Å². The number of nitrogens with one attached hydrogen (secondary N) is 1. The van der Waals surface area contributed by atoms with Gasteiger partial charge in [0.1, 0.15) is 17.4 Å². The zero-order valence-corrected chi connectivity index (χ0v) is 25.3. The van der Waals surface area contributed by atoms with E-state index in [4.69, 9.17) is 14.5 Å². The zero-order valence-electron chi connectivity index (χ0n) is 24.5. The van der Waals surface area contributed by atoms with Crippen molar-refractivity contribution in [2.45, 2.75) is 58.5 Å². The summed E-state index contributed by atoms with van der Waals surface area (Å²) in [6, 6.07) is 10.4. The number of methoxy groups -OCH3 is 1. The minimum Gasteiger partial charge on any atom is -0.493 e. The van der Waals surface area contributed by atoms with E-state index in [1.165, 1.54) is 31.4 Å². The Morgan fingerprint density at radius 2 is 1.90 bits per heavy atom. The van der Waals surface area contributed by atoms with Crippen LogP contribution >= 0.6 is 0 Å². The molecule has 2 aromatic heterocycles. The molecule has 1 saturated heterocycles. The average molecular weight is 585 g/mol. The van der Waals surface area contributed by atoms with Gasteiger partial charge in [-0.2, -0.15) is 13.4 Å². The smallest absolute Gasteiger partial charge is 0.281 e. The quantitative estimate of drug-likeness (QED) is 0.357. The molecule has 9 nitrogen and oxygen atoms in total. The number of anilines is 1. The van der Waals surface area contributed by atoms with Gasteiger partial charge in [-0.15, -0.1) is 0 Å². The Balaban J connectivity index is 1.77. The number of benzene rings is 1. The Bertz CT molecular complexity index is 1560. The van der Waals surface area contributed by atoms with Gasteiger partial charge < -0.3 is 14.4 Å². The van der Waals surface area contributed by atoms with Crippen LogP contribution in [0.1, 0.15) is 57.0 Å². The van der Waals surface area contributed by atoms with Crippen LogP contribution in [0.15, 0.2) is 47.5 Å². The van der Waals surface area contributed by atoms with Crippen LogP contribution in [0, 0.1) is 24.6 Å². The molecule has 1 aromatic carbocycles. The monoisotopic (exact) mass is 584 g/mol. The van der Waals surface area contributed by atoms with E-state index in [1.54, 1.807) is 25.1 Å². The highest BCUT2D eigenvalue weighted by atomic mass is 32.2. The molecule has 4 rings (SSSR count). The summed E-state index contributed by atoms with van der Waals surface area (Å²) in [4.78, 5) is 24.4. The van der Waals surface area contributed by atoms with E-state index < -0.39 is 21.7 Å². The molecule has 41 heavy (non-hydrogen) atoms. The standard InChI is InChI=1S/C30H37FN4O5S/c1-18(2)17-40-23-13-21(12-22(31)14-23)25-9-8-24(28(32-25)35-16-20(4)15-30(35,5)6)29(36)34-41(37,38)27-11-19(3)10-26(33-27)39-7/h8-14,18,20H,15-17H2,1-7H3,(H,34,36)/t20-/m0/s1. The number of rotatable bonds is 9. The number of hydrogen-bond acceptors (Lipinski definition) is 8. The molecule has 1 aliphatic rings. The molecule has 0 aliphatic carbocycles. The van der Waals surface area contributed by atoms with Crippen molar-refractivity contribution in [2.75, 3.05) is 25.2 Å². The highest BCUT2D eigenvalue weighted by Gasteiger charge is 2.39. The number of aromatic nitrogens is 2. The third kappa shape index (κ3) is 6.95. The van der Waals surface area contributed by atoms with Crippen molar-refractivity contribution in [2.24, 2.45) is 11.8 Å². The highest BCUT2D eigenvalue weighted by molar-refractivity contribution is 7.90. The average Bonchev–Trinajstić information content (AvgIpc) is 3.17. The first-order valence-electron chi connectivity index (χ1n) is 13.5. The molecule has 3 aromatic rings. The second kappa shape index (κ2) is 11.6. The first-order valence-corrected chi connectivity index (χ1v) is 15.0. The molecule has 11 heteroatoms. The fourth-order valence-electron chi connectivity index (χ4n) is 5.08. The van der Waals surface area contributed by atoms with Gasteiger partial charge in [-0.3, -0.25) is 4.79 Å². The summed E-state index contributed by atoms with van der Waals surface area (Å²) in [5.41, 5.74) is 1.22. The van der Waals surface area contributed by atoms with Crippen LogP contribution < -0.4 is 19.1 Å². The number of aryl methyl sites for hydroxylation is 1. The third-order valence-corrected chi connectivity index (χ3v) is 8.05. The highest BCUT2D eigenvalue weighted by Crippen LogP contribution is 2.38. The number of carbonyl (C=O) groups excluding carboxylic acids is 1. The summed E-state index contributed by atoms with van der Waals surface area (Å²) in [7, 11) is -2.95. The minimum atomic E-state index is -4.33. The molecule has 0 saturated carbocycles. The lowest BCUT2D eigenvalue weighted by atomic mass is 9.97. The van der Waals surface area contributed by atoms with Gasteiger partial charge in [-0.1, -0.05) is 20.8 Å². The van der Waals surface area contributed by atoms with Crippen molar-refractivity contribution < 1.29 is 27.1 Å². The summed E-state index contributed by atoms with van der Waals surface area (Å²) >= 11 is 0. The van der Waals surface area contributed by atoms with Gasteiger partial charge in [0.2, 0.25) is 5.88 Å². The Morgan fingerprint density at radius 3 is 2.54 bits per heavy atom. The fourth-order valence-corrected chi connectivity index (χ4v) is 6.09. The maximum Gasteiger partial charge on any atom is 0.281 e. The topological polar surface area (TPSA) is 111 Å². The predicted molar refractivity (Wildman–Crippen MR) is 155 cm³/mol. The van der Waals surface area contributed by atoms with E-state index >= 15 is 0 Å². The lowest BCUT2D eigenvalue weighted by Gasteiger charge is -2.34. The first kappa shape index (κ1) is 30.2. The van der Waals surface area contributed by atoms with Crippen molar-refractivity contribution in [3.05, 3.63) is 59.4 Å². The number of ether oxygens (including phenoxy) is 2. The number of pyridine rings is 2. The third-order valence-electron chi connectivity index (χ3n) is 6.83. The van der Waals surface area contributed by atoms with E-state index in [1.807, 2.05) is 32.6 Å². The van der Waals surface area contributed by atoms with Gasteiger partial charge in [0.15, 0.2) is 5.03 Å². The number of nitrogens with zero attached hydrogens (tertiary/aromatic N) is 3. The Labute approximate surface area is 241 Å². The number of sulfonamides is 1. The molecule has 1 aliphatic heterocycles. The fraction of sp³-hybridized carbons (Fsp3) is 0.433. The second-order valence-electron chi connectivity index (χ2n) is 11.6. The maximum absolute atomic E-state index is 14.6. The molecule has 3 heterocycles. The molecule has 0 unspecified atom stereocenters. The first-order chi connectivity index (χ1) is 19.2. The molecule has 220 valence electrons. The van der Waals surface area contributed by atoms with Crippen molar-refractivity contribution in [3.63, 3.8) is 0 Å². The molecule has 0 spiro atoms. The van der Waals surface area contributed by atoms with E-state index in [0.29, 0.717) is 47.5 Å². The van der Waals surface area contributed by atoms with Crippen LogP contribution in [-0.4, -0.2) is 50.1 Å². The van der Waals surface area contributed by atoms with Crippen molar-refractivity contribution in [1.29, 1.82) is 0 Å². The van der Waals surface area contributed by atoms with Gasteiger partial charge in [-0.05, 0) is 74.9 Å². The number of halogens is 1. The van der Waals surface area contributed by atoms with E-state index in [0.717, 1.165) is 6.42 Å². The Morgan fingerprint density at radius 1 is 1.17 bits per heavy atom. The molecule has 0 bridgehead atoms. The molecule has 0 radical (unpaired) electrons. The summed E-state index contributed by atoms with van der Waals surface area (Å²) < 4.78 is 53.9. The van der Waals surface area contributed by atoms with E-state index in [2.05, 4.69) is 16.6 Å². The summed E-state index contributed by atoms with van der Waals surface area (Å²) in [6.45, 7) is 12.9. The van der Waals surface area contributed by atoms with Crippen LogP contribution in [0.25, 0.3) is 11.3 Å². The molecule has 1 N–H and O–H groups in total. The summed E-state index contributed by atoms with van der Waals surface area (Å²) in [5.74, 6) is 0.0458. The van der Waals surface area contributed by atoms with Crippen molar-refractivity contribution >= 4 is 21.7 Å². The van der Waals surface area contributed by atoms with Crippen LogP contribution in [0.5, 0.6) is 11.6 Å². The van der Waals surface area contributed by atoms with Gasteiger partial charge >= 0.3 is 0 Å². The van der Waals surface area contributed by atoms with E-state index in [9.17, 15) is 17.6 Å². The number of hydrogen-bond donors (Lipinski definition) is 1.